The monoisotopic (exact) mass is 217 g/mol. The molecule has 0 saturated carbocycles. The standard InChI is InChI=1S/C2HCl2F4NS/c3-1(4)10-9(8)2(5,6)7/h1H. The van der Waals surface area contributed by atoms with E-state index in [4.69, 9.17) is 23.2 Å². The molecule has 0 aromatic rings. The van der Waals surface area contributed by atoms with Gasteiger partial charge in [-0.25, -0.2) is 0 Å². The van der Waals surface area contributed by atoms with E-state index in [0.29, 0.717) is 0 Å². The lowest BCUT2D eigenvalue weighted by Crippen LogP contribution is -2.25. The van der Waals surface area contributed by atoms with Crippen LogP contribution < -0.4 is 0 Å². The van der Waals surface area contributed by atoms with Crippen molar-refractivity contribution in [2.75, 3.05) is 0 Å². The molecule has 0 aromatic heterocycles. The van der Waals surface area contributed by atoms with Crippen LogP contribution in [0.5, 0.6) is 0 Å². The fourth-order valence-electron chi connectivity index (χ4n) is 0.130. The van der Waals surface area contributed by atoms with Crippen molar-refractivity contribution in [3.63, 3.8) is 0 Å². The minimum atomic E-state index is -5.05. The van der Waals surface area contributed by atoms with Crippen molar-refractivity contribution < 1.29 is 17.7 Å². The molecule has 10 heavy (non-hydrogen) atoms. The van der Waals surface area contributed by atoms with E-state index >= 15 is 0 Å². The first-order chi connectivity index (χ1) is 4.34. The maximum Gasteiger partial charge on any atom is 0.497 e. The highest BCUT2D eigenvalue weighted by atomic mass is 35.5. The first kappa shape index (κ1) is 10.6. The van der Waals surface area contributed by atoms with Gasteiger partial charge in [0.1, 0.15) is 0 Å². The third-order valence-electron chi connectivity index (χ3n) is 0.372. The average molecular weight is 218 g/mol. The fraction of sp³-hybridized carbons (Fsp3) is 1.00. The summed E-state index contributed by atoms with van der Waals surface area (Å²) < 4.78 is 42.4. The van der Waals surface area contributed by atoms with E-state index in [2.05, 4.69) is 0 Å². The van der Waals surface area contributed by atoms with Gasteiger partial charge in [-0.1, -0.05) is 23.2 Å². The zero-order valence-electron chi connectivity index (χ0n) is 4.20. The Kier molecular flexibility index (Phi) is 4.08. The van der Waals surface area contributed by atoms with Gasteiger partial charge in [0, 0.05) is 4.53 Å². The molecule has 0 rings (SSSR count). The van der Waals surface area contributed by atoms with Crippen molar-refractivity contribution >= 4 is 35.1 Å². The highest BCUT2D eigenvalue weighted by Gasteiger charge is 2.40. The van der Waals surface area contributed by atoms with Crippen LogP contribution >= 0.6 is 35.1 Å². The molecule has 0 unspecified atom stereocenters. The number of rotatable bonds is 2. The molecule has 0 fully saturated rings. The summed E-state index contributed by atoms with van der Waals surface area (Å²) in [4.78, 5) is 0. The summed E-state index contributed by atoms with van der Waals surface area (Å²) in [5, 5.41) is 0. The lowest BCUT2D eigenvalue weighted by atomic mass is 11.2. The van der Waals surface area contributed by atoms with Gasteiger partial charge in [0.15, 0.2) is 4.17 Å². The molecule has 1 nitrogen and oxygen atoms in total. The number of hydrogen-bond donors (Lipinski definition) is 0. The van der Waals surface area contributed by atoms with Gasteiger partial charge in [0.05, 0.1) is 0 Å². The lowest BCUT2D eigenvalue weighted by molar-refractivity contribution is -0.262. The molecule has 0 saturated heterocycles. The predicted octanol–water partition coefficient (Wildman–Crippen LogP) is 3.10. The van der Waals surface area contributed by atoms with E-state index in [1.807, 2.05) is 0 Å². The molecular weight excluding hydrogens is 217 g/mol. The van der Waals surface area contributed by atoms with E-state index in [1.54, 1.807) is 0 Å². The van der Waals surface area contributed by atoms with E-state index in [9.17, 15) is 17.7 Å². The topological polar surface area (TPSA) is 3.24 Å². The Labute approximate surface area is 68.3 Å². The summed E-state index contributed by atoms with van der Waals surface area (Å²) in [6.07, 6.45) is -5.05. The van der Waals surface area contributed by atoms with Gasteiger partial charge < -0.3 is 0 Å². The first-order valence-corrected chi connectivity index (χ1v) is 3.52. The largest absolute Gasteiger partial charge is 0.497 e. The van der Waals surface area contributed by atoms with Crippen LogP contribution in [0, 0.1) is 0 Å². The second-order valence-corrected chi connectivity index (χ2v) is 3.70. The molecule has 0 spiro atoms. The van der Waals surface area contributed by atoms with Crippen LogP contribution in [0.4, 0.5) is 17.7 Å². The van der Waals surface area contributed by atoms with E-state index in [-0.39, 0.29) is 11.9 Å². The first-order valence-electron chi connectivity index (χ1n) is 1.81. The fourth-order valence-corrected chi connectivity index (χ4v) is 0.809. The Balaban J connectivity index is 3.73. The minimum Gasteiger partial charge on any atom is -0.153 e. The van der Waals surface area contributed by atoms with Gasteiger partial charge >= 0.3 is 6.30 Å². The van der Waals surface area contributed by atoms with Gasteiger partial charge in [-0.05, 0) is 11.9 Å². The normalized spacial score (nSPS) is 13.2. The molecule has 0 bridgehead atoms. The van der Waals surface area contributed by atoms with Crippen molar-refractivity contribution in [1.82, 2.24) is 4.53 Å². The number of nitrogens with zero attached hydrogens (tertiary/aromatic N) is 1. The third-order valence-corrected chi connectivity index (χ3v) is 1.40. The maximum atomic E-state index is 11.7. The Bertz CT molecular complexity index is 106. The van der Waals surface area contributed by atoms with Crippen LogP contribution in [0.15, 0.2) is 0 Å². The molecular formula is C2HCl2F4NS. The molecule has 0 atom stereocenters. The summed E-state index contributed by atoms with van der Waals surface area (Å²) in [6, 6.07) is 0. The molecule has 0 aliphatic rings. The summed E-state index contributed by atoms with van der Waals surface area (Å²) in [5.74, 6) is 0. The zero-order chi connectivity index (χ0) is 8.36. The van der Waals surface area contributed by atoms with Crippen LogP contribution in [0.25, 0.3) is 0 Å². The van der Waals surface area contributed by atoms with E-state index in [1.165, 1.54) is 0 Å². The zero-order valence-corrected chi connectivity index (χ0v) is 6.53. The van der Waals surface area contributed by atoms with Crippen molar-refractivity contribution in [3.05, 3.63) is 0 Å². The van der Waals surface area contributed by atoms with Crippen molar-refractivity contribution in [2.45, 2.75) is 10.5 Å². The van der Waals surface area contributed by atoms with E-state index in [0.717, 1.165) is 0 Å². The Morgan fingerprint density at radius 3 is 1.80 bits per heavy atom. The van der Waals surface area contributed by atoms with Crippen LogP contribution in [-0.2, 0) is 0 Å². The molecule has 0 heterocycles. The molecule has 62 valence electrons. The van der Waals surface area contributed by atoms with Crippen LogP contribution in [0.3, 0.4) is 0 Å². The molecule has 0 aromatic carbocycles. The number of hydrogen-bond acceptors (Lipinski definition) is 2. The summed E-state index contributed by atoms with van der Waals surface area (Å²) >= 11 is 9.28. The summed E-state index contributed by atoms with van der Waals surface area (Å²) in [7, 11) is 0. The van der Waals surface area contributed by atoms with E-state index < -0.39 is 15.0 Å². The third kappa shape index (κ3) is 4.43. The van der Waals surface area contributed by atoms with Crippen molar-refractivity contribution in [2.24, 2.45) is 0 Å². The highest BCUT2D eigenvalue weighted by Crippen LogP contribution is 2.34. The molecule has 0 aliphatic heterocycles. The molecule has 0 amide bonds. The van der Waals surface area contributed by atoms with Crippen LogP contribution in [0.2, 0.25) is 0 Å². The SMILES string of the molecule is FN(SC(Cl)Cl)C(F)(F)F. The highest BCUT2D eigenvalue weighted by molar-refractivity contribution is 8.00. The minimum absolute atomic E-state index is 0.366. The predicted molar refractivity (Wildman–Crippen MR) is 32.1 cm³/mol. The quantitative estimate of drug-likeness (QED) is 0.230. The van der Waals surface area contributed by atoms with Crippen LogP contribution in [0.1, 0.15) is 0 Å². The summed E-state index contributed by atoms with van der Waals surface area (Å²) in [5.41, 5.74) is 0. The van der Waals surface area contributed by atoms with Gasteiger partial charge in [-0.3, -0.25) is 0 Å². The lowest BCUT2D eigenvalue weighted by Gasteiger charge is -2.12. The van der Waals surface area contributed by atoms with Crippen LogP contribution in [-0.4, -0.2) is 15.0 Å². The van der Waals surface area contributed by atoms with Crippen molar-refractivity contribution in [3.8, 4) is 0 Å². The Morgan fingerprint density at radius 1 is 1.30 bits per heavy atom. The maximum absolute atomic E-state index is 11.7. The average Bonchev–Trinajstić information content (AvgIpc) is 1.60. The molecule has 0 N–H and O–H groups in total. The second kappa shape index (κ2) is 3.85. The number of alkyl halides is 5. The number of halogens is 6. The molecule has 0 aliphatic carbocycles. The van der Waals surface area contributed by atoms with Crippen molar-refractivity contribution in [1.29, 1.82) is 0 Å². The summed E-state index contributed by atoms with van der Waals surface area (Å²) in [6.45, 7) is 0. The van der Waals surface area contributed by atoms with Gasteiger partial charge in [-0.2, -0.15) is 13.2 Å². The van der Waals surface area contributed by atoms with Gasteiger partial charge in [0.2, 0.25) is 0 Å². The molecule has 0 radical (unpaired) electrons. The Morgan fingerprint density at radius 2 is 1.70 bits per heavy atom. The van der Waals surface area contributed by atoms with Gasteiger partial charge in [0.25, 0.3) is 0 Å². The Hall–Kier alpha value is 0.610. The molecule has 8 heteroatoms. The smallest absolute Gasteiger partial charge is 0.153 e. The second-order valence-electron chi connectivity index (χ2n) is 1.08. The van der Waals surface area contributed by atoms with Gasteiger partial charge in [-0.15, -0.1) is 4.48 Å².